The Labute approximate surface area is 106 Å². The predicted molar refractivity (Wildman–Crippen MR) is 72.5 cm³/mol. The number of aryl methyl sites for hydroxylation is 2. The summed E-state index contributed by atoms with van der Waals surface area (Å²) in [6, 6.07) is 7.94. The standard InChI is InChI=1S/C14H17N3O/c1-9-4-6-11(7-5-9)13-16-10(2)12(8-15-3)14(18)17-13/h4-7,15H,8H2,1-3H3,(H,16,17,18). The molecule has 0 atom stereocenters. The topological polar surface area (TPSA) is 57.8 Å². The fourth-order valence-corrected chi connectivity index (χ4v) is 1.84. The SMILES string of the molecule is CNCc1c(C)nc(-c2ccc(C)cc2)[nH]c1=O. The Balaban J connectivity index is 2.48. The fraction of sp³-hybridized carbons (Fsp3) is 0.286. The van der Waals surface area contributed by atoms with Crippen LogP contribution in [0.25, 0.3) is 11.4 Å². The van der Waals surface area contributed by atoms with Gasteiger partial charge in [0.05, 0.1) is 5.56 Å². The molecular formula is C14H17N3O. The van der Waals surface area contributed by atoms with Crippen molar-refractivity contribution in [3.05, 3.63) is 51.4 Å². The van der Waals surface area contributed by atoms with E-state index in [0.29, 0.717) is 17.9 Å². The summed E-state index contributed by atoms with van der Waals surface area (Å²) in [6.07, 6.45) is 0. The minimum atomic E-state index is -0.0765. The molecule has 0 bridgehead atoms. The molecule has 2 N–H and O–H groups in total. The van der Waals surface area contributed by atoms with Gasteiger partial charge in [-0.3, -0.25) is 4.79 Å². The van der Waals surface area contributed by atoms with Gasteiger partial charge in [0.15, 0.2) is 0 Å². The van der Waals surface area contributed by atoms with Gasteiger partial charge >= 0.3 is 0 Å². The second-order valence-corrected chi connectivity index (χ2v) is 4.37. The van der Waals surface area contributed by atoms with Crippen molar-refractivity contribution >= 4 is 0 Å². The van der Waals surface area contributed by atoms with Gasteiger partial charge in [-0.05, 0) is 20.9 Å². The number of hydrogen-bond donors (Lipinski definition) is 2. The van der Waals surface area contributed by atoms with Crippen LogP contribution in [0.3, 0.4) is 0 Å². The lowest BCUT2D eigenvalue weighted by molar-refractivity contribution is 0.787. The van der Waals surface area contributed by atoms with Gasteiger partial charge in [0, 0.05) is 17.8 Å². The third-order valence-corrected chi connectivity index (χ3v) is 2.90. The van der Waals surface area contributed by atoms with Crippen LogP contribution in [-0.4, -0.2) is 17.0 Å². The molecule has 2 aromatic rings. The lowest BCUT2D eigenvalue weighted by Gasteiger charge is -2.07. The molecule has 0 radical (unpaired) electrons. The molecule has 0 saturated carbocycles. The number of H-pyrrole nitrogens is 1. The summed E-state index contributed by atoms with van der Waals surface area (Å²) in [4.78, 5) is 19.2. The maximum absolute atomic E-state index is 12.0. The molecule has 4 nitrogen and oxygen atoms in total. The van der Waals surface area contributed by atoms with Crippen molar-refractivity contribution in [3.63, 3.8) is 0 Å². The highest BCUT2D eigenvalue weighted by Crippen LogP contribution is 2.15. The second kappa shape index (κ2) is 5.14. The Bertz CT molecular complexity index is 599. The molecule has 2 rings (SSSR count). The largest absolute Gasteiger partial charge is 0.315 e. The number of rotatable bonds is 3. The van der Waals surface area contributed by atoms with Crippen LogP contribution in [-0.2, 0) is 6.54 Å². The lowest BCUT2D eigenvalue weighted by Crippen LogP contribution is -2.21. The predicted octanol–water partition coefficient (Wildman–Crippen LogP) is 1.77. The Morgan fingerprint density at radius 3 is 2.44 bits per heavy atom. The van der Waals surface area contributed by atoms with E-state index in [-0.39, 0.29) is 5.56 Å². The number of aromatic nitrogens is 2. The summed E-state index contributed by atoms with van der Waals surface area (Å²) in [5.41, 5.74) is 3.49. The van der Waals surface area contributed by atoms with Gasteiger partial charge < -0.3 is 10.3 Å². The van der Waals surface area contributed by atoms with E-state index in [1.165, 1.54) is 5.56 Å². The summed E-state index contributed by atoms with van der Waals surface area (Å²) < 4.78 is 0. The first-order valence-corrected chi connectivity index (χ1v) is 5.93. The number of nitrogens with one attached hydrogen (secondary N) is 2. The molecule has 0 amide bonds. The maximum atomic E-state index is 12.0. The third kappa shape index (κ3) is 2.49. The Morgan fingerprint density at radius 2 is 1.89 bits per heavy atom. The first-order chi connectivity index (χ1) is 8.61. The molecule has 4 heteroatoms. The highest BCUT2D eigenvalue weighted by atomic mass is 16.1. The Hall–Kier alpha value is -1.94. The highest BCUT2D eigenvalue weighted by molar-refractivity contribution is 5.55. The molecule has 18 heavy (non-hydrogen) atoms. The van der Waals surface area contributed by atoms with Crippen LogP contribution >= 0.6 is 0 Å². The van der Waals surface area contributed by atoms with Gasteiger partial charge in [-0.15, -0.1) is 0 Å². The molecule has 94 valence electrons. The summed E-state index contributed by atoms with van der Waals surface area (Å²) in [7, 11) is 1.81. The smallest absolute Gasteiger partial charge is 0.255 e. The summed E-state index contributed by atoms with van der Waals surface area (Å²) in [5.74, 6) is 0.623. The molecule has 0 aliphatic carbocycles. The van der Waals surface area contributed by atoms with Crippen LogP contribution in [0.2, 0.25) is 0 Å². The molecule has 0 fully saturated rings. The van der Waals surface area contributed by atoms with Crippen molar-refractivity contribution in [2.75, 3.05) is 7.05 Å². The van der Waals surface area contributed by atoms with E-state index in [4.69, 9.17) is 0 Å². The number of benzene rings is 1. The van der Waals surface area contributed by atoms with E-state index < -0.39 is 0 Å². The second-order valence-electron chi connectivity index (χ2n) is 4.37. The van der Waals surface area contributed by atoms with Gasteiger partial charge in [-0.25, -0.2) is 4.98 Å². The van der Waals surface area contributed by atoms with Crippen LogP contribution in [0.15, 0.2) is 29.1 Å². The van der Waals surface area contributed by atoms with Crippen LogP contribution in [0.5, 0.6) is 0 Å². The van der Waals surface area contributed by atoms with E-state index in [1.54, 1.807) is 0 Å². The lowest BCUT2D eigenvalue weighted by atomic mass is 10.1. The Morgan fingerprint density at radius 1 is 1.22 bits per heavy atom. The van der Waals surface area contributed by atoms with Crippen molar-refractivity contribution < 1.29 is 0 Å². The van der Waals surface area contributed by atoms with Gasteiger partial charge in [-0.2, -0.15) is 0 Å². The van der Waals surface area contributed by atoms with Gasteiger partial charge in [0.2, 0.25) is 0 Å². The number of aromatic amines is 1. The molecule has 0 aliphatic rings. The molecule has 0 unspecified atom stereocenters. The number of nitrogens with zero attached hydrogens (tertiary/aromatic N) is 1. The highest BCUT2D eigenvalue weighted by Gasteiger charge is 2.08. The fourth-order valence-electron chi connectivity index (χ4n) is 1.84. The third-order valence-electron chi connectivity index (χ3n) is 2.90. The maximum Gasteiger partial charge on any atom is 0.255 e. The van der Waals surface area contributed by atoms with Crippen molar-refractivity contribution in [3.8, 4) is 11.4 Å². The minimum absolute atomic E-state index is 0.0765. The normalized spacial score (nSPS) is 10.6. The average Bonchev–Trinajstić information content (AvgIpc) is 2.34. The van der Waals surface area contributed by atoms with Crippen LogP contribution < -0.4 is 10.9 Å². The minimum Gasteiger partial charge on any atom is -0.315 e. The van der Waals surface area contributed by atoms with Crippen LogP contribution in [0.4, 0.5) is 0 Å². The monoisotopic (exact) mass is 243 g/mol. The quantitative estimate of drug-likeness (QED) is 0.863. The zero-order chi connectivity index (χ0) is 13.1. The van der Waals surface area contributed by atoms with E-state index in [2.05, 4.69) is 15.3 Å². The molecule has 1 aromatic heterocycles. The first kappa shape index (κ1) is 12.5. The van der Waals surface area contributed by atoms with Crippen LogP contribution in [0, 0.1) is 13.8 Å². The average molecular weight is 243 g/mol. The van der Waals surface area contributed by atoms with Crippen molar-refractivity contribution in [1.29, 1.82) is 0 Å². The molecule has 0 aliphatic heterocycles. The van der Waals surface area contributed by atoms with Crippen molar-refractivity contribution in [2.45, 2.75) is 20.4 Å². The molecule has 0 spiro atoms. The summed E-state index contributed by atoms with van der Waals surface area (Å²) in [6.45, 7) is 4.42. The van der Waals surface area contributed by atoms with Gasteiger partial charge in [0.25, 0.3) is 5.56 Å². The zero-order valence-electron chi connectivity index (χ0n) is 10.9. The van der Waals surface area contributed by atoms with E-state index >= 15 is 0 Å². The molecular weight excluding hydrogens is 226 g/mol. The number of hydrogen-bond acceptors (Lipinski definition) is 3. The Kier molecular flexibility index (Phi) is 3.58. The summed E-state index contributed by atoms with van der Waals surface area (Å²) in [5, 5.41) is 2.97. The van der Waals surface area contributed by atoms with Gasteiger partial charge in [0.1, 0.15) is 5.82 Å². The molecule has 0 saturated heterocycles. The van der Waals surface area contributed by atoms with Crippen molar-refractivity contribution in [1.82, 2.24) is 15.3 Å². The summed E-state index contributed by atoms with van der Waals surface area (Å²) >= 11 is 0. The van der Waals surface area contributed by atoms with Gasteiger partial charge in [-0.1, -0.05) is 29.8 Å². The van der Waals surface area contributed by atoms with E-state index in [1.807, 2.05) is 45.2 Å². The van der Waals surface area contributed by atoms with Crippen molar-refractivity contribution in [2.24, 2.45) is 0 Å². The molecule has 1 heterocycles. The van der Waals surface area contributed by atoms with E-state index in [9.17, 15) is 4.79 Å². The molecule has 1 aromatic carbocycles. The first-order valence-electron chi connectivity index (χ1n) is 5.93. The zero-order valence-corrected chi connectivity index (χ0v) is 10.9. The van der Waals surface area contributed by atoms with Crippen LogP contribution in [0.1, 0.15) is 16.8 Å². The van der Waals surface area contributed by atoms with E-state index in [0.717, 1.165) is 11.3 Å².